The van der Waals surface area contributed by atoms with Crippen LogP contribution in [-0.2, 0) is 47.5 Å². The fraction of sp³-hybridized carbons (Fsp3) is 0.348. The van der Waals surface area contributed by atoms with E-state index in [0.717, 1.165) is 5.56 Å². The highest BCUT2D eigenvalue weighted by Gasteiger charge is 2.73. The third-order valence-corrected chi connectivity index (χ3v) is 11.0. The second-order valence-corrected chi connectivity index (χ2v) is 17.6. The molecule has 2 aliphatic rings. The van der Waals surface area contributed by atoms with Crippen LogP contribution in [-0.4, -0.2) is 64.7 Å². The van der Waals surface area contributed by atoms with Crippen LogP contribution in [0, 0.1) is 5.41 Å². The zero-order valence-corrected chi connectivity index (χ0v) is 35.4. The van der Waals surface area contributed by atoms with Crippen LogP contribution in [0.15, 0.2) is 84.9 Å². The molecule has 2 heterocycles. The summed E-state index contributed by atoms with van der Waals surface area (Å²) in [5, 5.41) is 14.4. The quantitative estimate of drug-likeness (QED) is 0.0839. The number of hydrogen-bond acceptors (Lipinski definition) is 9. The number of aromatic carboxylic acids is 1. The number of hydrogen-bond donors (Lipinski definition) is 3. The molecule has 1 fully saturated rings. The van der Waals surface area contributed by atoms with E-state index in [-0.39, 0.29) is 42.1 Å². The molecule has 0 aromatic heterocycles. The molecule has 0 atom stereocenters. The minimum Gasteiger partial charge on any atom is -0.478 e. The predicted octanol–water partition coefficient (Wildman–Crippen LogP) is 8.59. The van der Waals surface area contributed by atoms with Crippen LogP contribution in [0.1, 0.15) is 118 Å². The van der Waals surface area contributed by atoms with E-state index in [1.807, 2.05) is 32.9 Å². The molecule has 4 aromatic rings. The summed E-state index contributed by atoms with van der Waals surface area (Å²) < 4.78 is 108. The molecule has 0 saturated carbocycles. The standard InChI is InChI=1S/C46H42F6N2O10/c1-40(2,3)26-12-8-24(9-13-26)22-43(38(60)63-42(6,7)64-39(43)61)23-25-10-16-29(17-11-25)53-34(55)32-20-27(14-18-30(32)36(57)58)44(45(47,48)49,46(50,51)52)28-15-19-31-33(21-28)35(56)54-41(4,5)62-37(31)59/h8-21H,22-23H2,1-7H3,(H,53,55)(H,54,56)(H,57,58). The maximum absolute atomic E-state index is 15.3. The zero-order valence-electron chi connectivity index (χ0n) is 35.4. The SMILES string of the molecule is CC1(C)NC(=O)c2cc(C(c3ccc(C(=O)O)c(C(=O)Nc4ccc(CC5(Cc6ccc(C(C)(C)C)cc6)C(=O)OC(C)(C)OC5=O)cc4)c3)(C(F)(F)F)C(F)(F)F)ccc2C(=O)O1. The maximum atomic E-state index is 15.3. The summed E-state index contributed by atoms with van der Waals surface area (Å²) >= 11 is 0. The fourth-order valence-electron chi connectivity index (χ4n) is 7.75. The number of anilines is 1. The second-order valence-electron chi connectivity index (χ2n) is 17.6. The summed E-state index contributed by atoms with van der Waals surface area (Å²) in [5.41, 5.74) is -13.6. The highest BCUT2D eigenvalue weighted by atomic mass is 19.4. The van der Waals surface area contributed by atoms with Gasteiger partial charge in [-0.25, -0.2) is 9.59 Å². The first-order valence-corrected chi connectivity index (χ1v) is 19.6. The smallest absolute Gasteiger partial charge is 0.411 e. The van der Waals surface area contributed by atoms with Crippen molar-refractivity contribution in [2.75, 3.05) is 5.32 Å². The third-order valence-electron chi connectivity index (χ3n) is 11.0. The normalized spacial score (nSPS) is 17.2. The number of carboxylic acid groups (broad SMARTS) is 1. The van der Waals surface area contributed by atoms with E-state index in [4.69, 9.17) is 14.2 Å². The second kappa shape index (κ2) is 15.8. The van der Waals surface area contributed by atoms with Gasteiger partial charge in [0.1, 0.15) is 0 Å². The Kier molecular flexibility index (Phi) is 11.6. The van der Waals surface area contributed by atoms with Gasteiger partial charge in [0.05, 0.1) is 22.3 Å². The van der Waals surface area contributed by atoms with E-state index in [1.54, 1.807) is 12.1 Å². The molecule has 338 valence electrons. The van der Waals surface area contributed by atoms with Crippen molar-refractivity contribution >= 4 is 41.4 Å². The molecule has 12 nitrogen and oxygen atoms in total. The van der Waals surface area contributed by atoms with Crippen molar-refractivity contribution in [3.8, 4) is 0 Å². The minimum atomic E-state index is -6.25. The number of cyclic esters (lactones) is 3. The number of fused-ring (bicyclic) bond motifs is 1. The van der Waals surface area contributed by atoms with Gasteiger partial charge in [0.2, 0.25) is 5.41 Å². The zero-order chi connectivity index (χ0) is 47.6. The van der Waals surface area contributed by atoms with Gasteiger partial charge in [0.15, 0.2) is 11.1 Å². The number of alkyl halides is 6. The molecule has 0 spiro atoms. The number of nitrogens with one attached hydrogen (secondary N) is 2. The van der Waals surface area contributed by atoms with Crippen LogP contribution in [0.5, 0.6) is 0 Å². The molecule has 0 aliphatic carbocycles. The number of ether oxygens (including phenoxy) is 3. The number of halogens is 6. The van der Waals surface area contributed by atoms with Gasteiger partial charge in [0, 0.05) is 19.5 Å². The van der Waals surface area contributed by atoms with Gasteiger partial charge in [-0.2, -0.15) is 26.3 Å². The van der Waals surface area contributed by atoms with Gasteiger partial charge < -0.3 is 30.0 Å². The highest BCUT2D eigenvalue weighted by molar-refractivity contribution is 6.11. The van der Waals surface area contributed by atoms with Crippen molar-refractivity contribution in [1.82, 2.24) is 5.32 Å². The number of carbonyl (C=O) groups is 6. The monoisotopic (exact) mass is 896 g/mol. The Morgan fingerprint density at radius 3 is 1.62 bits per heavy atom. The number of benzene rings is 4. The minimum absolute atomic E-state index is 0.110. The Balaban J connectivity index is 1.36. The lowest BCUT2D eigenvalue weighted by Crippen LogP contribution is -2.56. The van der Waals surface area contributed by atoms with Crippen LogP contribution in [0.3, 0.4) is 0 Å². The third kappa shape index (κ3) is 8.64. The van der Waals surface area contributed by atoms with Crippen molar-refractivity contribution in [1.29, 1.82) is 0 Å². The van der Waals surface area contributed by atoms with Gasteiger partial charge in [-0.15, -0.1) is 0 Å². The first kappa shape index (κ1) is 46.8. The average Bonchev–Trinajstić information content (AvgIpc) is 3.24. The van der Waals surface area contributed by atoms with E-state index < -0.39 is 104 Å². The molecular formula is C46H42F6N2O10. The Bertz CT molecular complexity index is 2540. The highest BCUT2D eigenvalue weighted by Crippen LogP contribution is 2.57. The summed E-state index contributed by atoms with van der Waals surface area (Å²) in [6.07, 6.45) is -12.9. The first-order valence-electron chi connectivity index (χ1n) is 19.6. The van der Waals surface area contributed by atoms with Crippen LogP contribution >= 0.6 is 0 Å². The van der Waals surface area contributed by atoms with Crippen molar-refractivity contribution in [3.63, 3.8) is 0 Å². The average molecular weight is 897 g/mol. The van der Waals surface area contributed by atoms with Gasteiger partial charge in [0.25, 0.3) is 17.6 Å². The Morgan fingerprint density at radius 2 is 1.12 bits per heavy atom. The van der Waals surface area contributed by atoms with E-state index in [9.17, 15) is 33.9 Å². The number of carboxylic acids is 1. The fourth-order valence-corrected chi connectivity index (χ4v) is 7.75. The summed E-state index contributed by atoms with van der Waals surface area (Å²) in [6.45, 7) is 11.3. The molecule has 3 N–H and O–H groups in total. The molecular weight excluding hydrogens is 854 g/mol. The molecule has 0 unspecified atom stereocenters. The van der Waals surface area contributed by atoms with Crippen molar-refractivity contribution in [2.45, 2.75) is 96.0 Å². The van der Waals surface area contributed by atoms with E-state index in [1.165, 1.54) is 52.0 Å². The van der Waals surface area contributed by atoms with E-state index in [2.05, 4.69) is 10.6 Å². The van der Waals surface area contributed by atoms with Crippen LogP contribution in [0.25, 0.3) is 0 Å². The maximum Gasteiger partial charge on any atom is 0.411 e. The molecule has 4 aromatic carbocycles. The molecule has 2 aliphatic heterocycles. The summed E-state index contributed by atoms with van der Waals surface area (Å²) in [6, 6.07) is 14.6. The van der Waals surface area contributed by atoms with Crippen LogP contribution in [0.2, 0.25) is 0 Å². The van der Waals surface area contributed by atoms with E-state index >= 15 is 26.3 Å². The largest absolute Gasteiger partial charge is 0.478 e. The number of esters is 3. The molecule has 0 bridgehead atoms. The predicted molar refractivity (Wildman–Crippen MR) is 215 cm³/mol. The van der Waals surface area contributed by atoms with Gasteiger partial charge in [-0.05, 0) is 96.3 Å². The number of carbonyl (C=O) groups excluding carboxylic acids is 5. The lowest BCUT2D eigenvalue weighted by Gasteiger charge is -2.40. The molecule has 1 saturated heterocycles. The van der Waals surface area contributed by atoms with Crippen LogP contribution < -0.4 is 10.6 Å². The molecule has 6 rings (SSSR count). The Hall–Kier alpha value is -6.72. The first-order chi connectivity index (χ1) is 29.4. The Labute approximate surface area is 362 Å². The Morgan fingerprint density at radius 1 is 0.641 bits per heavy atom. The van der Waals surface area contributed by atoms with Crippen molar-refractivity contribution in [2.24, 2.45) is 5.41 Å². The summed E-state index contributed by atoms with van der Waals surface area (Å²) in [7, 11) is 0. The van der Waals surface area contributed by atoms with Crippen molar-refractivity contribution in [3.05, 3.63) is 135 Å². The van der Waals surface area contributed by atoms with Gasteiger partial charge in [-0.3, -0.25) is 19.2 Å². The van der Waals surface area contributed by atoms with Crippen molar-refractivity contribution < 1.29 is 74.4 Å². The van der Waals surface area contributed by atoms with Gasteiger partial charge in [-0.1, -0.05) is 69.3 Å². The number of amides is 2. The number of rotatable bonds is 9. The molecule has 2 amide bonds. The topological polar surface area (TPSA) is 174 Å². The lowest BCUT2D eigenvalue weighted by atomic mass is 9.71. The van der Waals surface area contributed by atoms with Crippen LogP contribution in [0.4, 0.5) is 32.0 Å². The molecule has 64 heavy (non-hydrogen) atoms. The van der Waals surface area contributed by atoms with Gasteiger partial charge >= 0.3 is 36.2 Å². The summed E-state index contributed by atoms with van der Waals surface area (Å²) in [4.78, 5) is 79.2. The van der Waals surface area contributed by atoms with E-state index in [0.29, 0.717) is 29.3 Å². The molecule has 18 heteroatoms. The summed E-state index contributed by atoms with van der Waals surface area (Å²) in [5.74, 6) is -9.00. The molecule has 0 radical (unpaired) electrons. The lowest BCUT2D eigenvalue weighted by molar-refractivity contribution is -0.288.